The van der Waals surface area contributed by atoms with Crippen molar-refractivity contribution in [3.05, 3.63) is 65.7 Å². The molecule has 0 spiro atoms. The van der Waals surface area contributed by atoms with E-state index in [1.807, 2.05) is 18.2 Å². The molecule has 1 aliphatic heterocycles. The summed E-state index contributed by atoms with van der Waals surface area (Å²) in [6.45, 7) is 0.254. The molecule has 1 saturated heterocycles. The predicted molar refractivity (Wildman–Crippen MR) is 94.1 cm³/mol. The summed E-state index contributed by atoms with van der Waals surface area (Å²) in [5, 5.41) is 3.77. The molecule has 8 heteroatoms. The van der Waals surface area contributed by atoms with Crippen LogP contribution in [-0.2, 0) is 15.8 Å². The molecule has 1 N–H and O–H groups in total. The van der Waals surface area contributed by atoms with E-state index in [0.29, 0.717) is 5.56 Å². The van der Waals surface area contributed by atoms with E-state index in [2.05, 4.69) is 10.5 Å². The van der Waals surface area contributed by atoms with Crippen molar-refractivity contribution in [3.63, 3.8) is 0 Å². The monoisotopic (exact) mass is 375 g/mol. The number of halogens is 3. The Morgan fingerprint density at radius 2 is 1.78 bits per heavy atom. The smallest absolute Gasteiger partial charge is 0.312 e. The largest absolute Gasteiger partial charge is 0.416 e. The molecule has 5 nitrogen and oxygen atoms in total. The third-order valence-electron chi connectivity index (χ3n) is 4.19. The van der Waals surface area contributed by atoms with E-state index >= 15 is 0 Å². The van der Waals surface area contributed by atoms with Gasteiger partial charge in [-0.2, -0.15) is 18.3 Å². The Morgan fingerprint density at radius 1 is 1.11 bits per heavy atom. The molecule has 0 bridgehead atoms. The van der Waals surface area contributed by atoms with Crippen molar-refractivity contribution >= 4 is 23.7 Å². The highest BCUT2D eigenvalue weighted by Crippen LogP contribution is 2.29. The number of benzene rings is 2. The van der Waals surface area contributed by atoms with E-state index < -0.39 is 23.6 Å². The molecule has 3 rings (SSSR count). The van der Waals surface area contributed by atoms with Gasteiger partial charge >= 0.3 is 6.18 Å². The van der Waals surface area contributed by atoms with Gasteiger partial charge in [0.15, 0.2) is 0 Å². The lowest BCUT2D eigenvalue weighted by atomic mass is 10.1. The number of carbonyl (C=O) groups excluding carboxylic acids is 2. The minimum Gasteiger partial charge on any atom is -0.312 e. The number of nitrogens with one attached hydrogen (secondary N) is 1. The maximum Gasteiger partial charge on any atom is 0.416 e. The van der Waals surface area contributed by atoms with Crippen molar-refractivity contribution in [1.29, 1.82) is 0 Å². The van der Waals surface area contributed by atoms with Crippen LogP contribution >= 0.6 is 0 Å². The van der Waals surface area contributed by atoms with Gasteiger partial charge in [0, 0.05) is 18.7 Å². The molecule has 1 fully saturated rings. The van der Waals surface area contributed by atoms with E-state index in [0.717, 1.165) is 17.8 Å². The zero-order valence-electron chi connectivity index (χ0n) is 14.1. The molecule has 2 aromatic rings. The zero-order chi connectivity index (χ0) is 19.4. The number of hydrogen-bond donors (Lipinski definition) is 1. The number of carbonyl (C=O) groups is 2. The zero-order valence-corrected chi connectivity index (χ0v) is 14.1. The Bertz CT molecular complexity index is 849. The van der Waals surface area contributed by atoms with Crippen LogP contribution in [0.15, 0.2) is 59.7 Å². The average molecular weight is 375 g/mol. The van der Waals surface area contributed by atoms with Crippen LogP contribution < -0.4 is 10.3 Å². The first-order valence-electron chi connectivity index (χ1n) is 8.20. The summed E-state index contributed by atoms with van der Waals surface area (Å²) in [5.41, 5.74) is 2.73. The van der Waals surface area contributed by atoms with Crippen molar-refractivity contribution in [1.82, 2.24) is 5.43 Å². The van der Waals surface area contributed by atoms with Gasteiger partial charge in [-0.05, 0) is 29.8 Å². The van der Waals surface area contributed by atoms with Gasteiger partial charge in [-0.15, -0.1) is 0 Å². The highest BCUT2D eigenvalue weighted by Gasteiger charge is 2.35. The second-order valence-corrected chi connectivity index (χ2v) is 6.09. The standard InChI is InChI=1S/C19H16F3N3O2/c20-19(21,22)15-8-6-13(7-9-15)11-23-24-18(27)14-10-17(26)25(12-14)16-4-2-1-3-5-16/h1-9,11,14H,10,12H2,(H,24,27)/b23-11-/t14-/m0/s1. The van der Waals surface area contributed by atoms with Crippen molar-refractivity contribution in [2.75, 3.05) is 11.4 Å². The normalized spacial score (nSPS) is 17.5. The SMILES string of the molecule is O=C(N/N=C\c1ccc(C(F)(F)F)cc1)[C@H]1CC(=O)N(c2ccccc2)C1. The number of hydrazone groups is 1. The third kappa shape index (κ3) is 4.52. The topological polar surface area (TPSA) is 61.8 Å². The molecule has 0 saturated carbocycles. The van der Waals surface area contributed by atoms with Gasteiger partial charge in [0.2, 0.25) is 11.8 Å². The molecule has 1 heterocycles. The van der Waals surface area contributed by atoms with Gasteiger partial charge in [0.05, 0.1) is 17.7 Å². The van der Waals surface area contributed by atoms with Crippen molar-refractivity contribution in [2.24, 2.45) is 11.0 Å². The Balaban J connectivity index is 1.57. The number of anilines is 1. The third-order valence-corrected chi connectivity index (χ3v) is 4.19. The van der Waals surface area contributed by atoms with Crippen LogP contribution in [-0.4, -0.2) is 24.6 Å². The molecule has 0 radical (unpaired) electrons. The number of para-hydroxylation sites is 1. The van der Waals surface area contributed by atoms with Gasteiger partial charge < -0.3 is 4.90 Å². The van der Waals surface area contributed by atoms with E-state index in [-0.39, 0.29) is 18.9 Å². The van der Waals surface area contributed by atoms with Gasteiger partial charge in [-0.1, -0.05) is 30.3 Å². The molecule has 27 heavy (non-hydrogen) atoms. The van der Waals surface area contributed by atoms with Crippen LogP contribution in [0.25, 0.3) is 0 Å². The molecule has 0 aliphatic carbocycles. The summed E-state index contributed by atoms with van der Waals surface area (Å²) in [4.78, 5) is 25.8. The lowest BCUT2D eigenvalue weighted by Crippen LogP contribution is -2.30. The first kappa shape index (κ1) is 18.6. The van der Waals surface area contributed by atoms with Crippen LogP contribution in [0.4, 0.5) is 18.9 Å². The van der Waals surface area contributed by atoms with Gasteiger partial charge in [0.25, 0.3) is 0 Å². The van der Waals surface area contributed by atoms with Crippen LogP contribution in [0.1, 0.15) is 17.5 Å². The second-order valence-electron chi connectivity index (χ2n) is 6.09. The van der Waals surface area contributed by atoms with Crippen molar-refractivity contribution in [3.8, 4) is 0 Å². The number of hydrogen-bond acceptors (Lipinski definition) is 3. The van der Waals surface area contributed by atoms with E-state index in [9.17, 15) is 22.8 Å². The molecule has 2 aromatic carbocycles. The molecule has 140 valence electrons. The minimum absolute atomic E-state index is 0.0799. The fourth-order valence-corrected chi connectivity index (χ4v) is 2.76. The minimum atomic E-state index is -4.40. The lowest BCUT2D eigenvalue weighted by Gasteiger charge is -2.16. The van der Waals surface area contributed by atoms with E-state index in [4.69, 9.17) is 0 Å². The van der Waals surface area contributed by atoms with Crippen LogP contribution in [0, 0.1) is 5.92 Å². The summed E-state index contributed by atoms with van der Waals surface area (Å²) in [5.74, 6) is -1.10. The van der Waals surface area contributed by atoms with Crippen LogP contribution in [0.3, 0.4) is 0 Å². The summed E-state index contributed by atoms with van der Waals surface area (Å²) in [6, 6.07) is 13.4. The Morgan fingerprint density at radius 3 is 2.41 bits per heavy atom. The van der Waals surface area contributed by atoms with E-state index in [1.54, 1.807) is 17.0 Å². The Labute approximate surface area is 153 Å². The summed E-state index contributed by atoms with van der Waals surface area (Å²) in [6.07, 6.45) is -3.07. The molecule has 0 aromatic heterocycles. The highest BCUT2D eigenvalue weighted by atomic mass is 19.4. The summed E-state index contributed by atoms with van der Waals surface area (Å²) in [7, 11) is 0. The fourth-order valence-electron chi connectivity index (χ4n) is 2.76. The van der Waals surface area contributed by atoms with Crippen molar-refractivity contribution in [2.45, 2.75) is 12.6 Å². The number of amides is 2. The molecule has 1 aliphatic rings. The van der Waals surface area contributed by atoms with Crippen LogP contribution in [0.5, 0.6) is 0 Å². The number of nitrogens with zero attached hydrogens (tertiary/aromatic N) is 2. The molecular weight excluding hydrogens is 359 g/mol. The average Bonchev–Trinajstić information content (AvgIpc) is 3.04. The quantitative estimate of drug-likeness (QED) is 0.659. The summed E-state index contributed by atoms with van der Waals surface area (Å²) < 4.78 is 37.5. The molecule has 2 amide bonds. The Hall–Kier alpha value is -3.16. The van der Waals surface area contributed by atoms with Crippen LogP contribution in [0.2, 0.25) is 0 Å². The summed E-state index contributed by atoms with van der Waals surface area (Å²) >= 11 is 0. The maximum atomic E-state index is 12.5. The maximum absolute atomic E-state index is 12.5. The molecule has 0 unspecified atom stereocenters. The first-order chi connectivity index (χ1) is 12.8. The lowest BCUT2D eigenvalue weighted by molar-refractivity contribution is -0.137. The van der Waals surface area contributed by atoms with Gasteiger partial charge in [-0.25, -0.2) is 5.43 Å². The fraction of sp³-hybridized carbons (Fsp3) is 0.211. The van der Waals surface area contributed by atoms with Gasteiger partial charge in [0.1, 0.15) is 0 Å². The number of rotatable bonds is 4. The van der Waals surface area contributed by atoms with Gasteiger partial charge in [-0.3, -0.25) is 9.59 Å². The molecular formula is C19H16F3N3O2. The Kier molecular flexibility index (Phi) is 5.25. The predicted octanol–water partition coefficient (Wildman–Crippen LogP) is 3.21. The first-order valence-corrected chi connectivity index (χ1v) is 8.20. The highest BCUT2D eigenvalue weighted by molar-refractivity contribution is 6.00. The van der Waals surface area contributed by atoms with Crippen molar-refractivity contribution < 1.29 is 22.8 Å². The van der Waals surface area contributed by atoms with E-state index in [1.165, 1.54) is 18.3 Å². The number of alkyl halides is 3. The second kappa shape index (κ2) is 7.61. The molecule has 1 atom stereocenters.